The second-order valence-electron chi connectivity index (χ2n) is 7.23. The summed E-state index contributed by atoms with van der Waals surface area (Å²) in [5, 5.41) is 9.98. The second-order valence-corrected chi connectivity index (χ2v) is 7.23. The van der Waals surface area contributed by atoms with Gasteiger partial charge in [-0.2, -0.15) is 5.10 Å². The average Bonchev–Trinajstić information content (AvgIpc) is 3.09. The number of benzene rings is 1. The highest BCUT2D eigenvalue weighted by atomic mass is 35.5. The van der Waals surface area contributed by atoms with Crippen molar-refractivity contribution in [3.05, 3.63) is 36.5 Å². The maximum absolute atomic E-state index is 12.7. The number of carbonyl (C=O) groups is 1. The van der Waals surface area contributed by atoms with Gasteiger partial charge in [-0.25, -0.2) is 0 Å². The monoisotopic (exact) mass is 360 g/mol. The summed E-state index contributed by atoms with van der Waals surface area (Å²) < 4.78 is 0. The molecule has 1 aromatic carbocycles. The molecule has 1 aromatic heterocycles. The molecule has 0 saturated heterocycles. The molecule has 2 unspecified atom stereocenters. The molecule has 0 aliphatic heterocycles. The van der Waals surface area contributed by atoms with Crippen LogP contribution in [0, 0.1) is 17.8 Å². The van der Waals surface area contributed by atoms with E-state index in [2.05, 4.69) is 15.5 Å². The summed E-state index contributed by atoms with van der Waals surface area (Å²) in [6.07, 6.45) is 7.24. The number of rotatable bonds is 3. The Labute approximate surface area is 154 Å². The van der Waals surface area contributed by atoms with E-state index < -0.39 is 0 Å². The van der Waals surface area contributed by atoms with Crippen molar-refractivity contribution in [1.29, 1.82) is 0 Å². The van der Waals surface area contributed by atoms with E-state index in [0.717, 1.165) is 29.8 Å². The van der Waals surface area contributed by atoms with Crippen molar-refractivity contribution in [1.82, 2.24) is 10.2 Å². The summed E-state index contributed by atoms with van der Waals surface area (Å²) in [4.78, 5) is 12.7. The lowest BCUT2D eigenvalue weighted by atomic mass is 9.65. The first kappa shape index (κ1) is 18.0. The van der Waals surface area contributed by atoms with Gasteiger partial charge in [-0.15, -0.1) is 12.4 Å². The van der Waals surface area contributed by atoms with Gasteiger partial charge in [0.05, 0.1) is 5.69 Å². The number of anilines is 1. The maximum Gasteiger partial charge on any atom is 0.227 e. The number of amides is 1. The summed E-state index contributed by atoms with van der Waals surface area (Å²) >= 11 is 0. The van der Waals surface area contributed by atoms with Crippen LogP contribution >= 0.6 is 12.4 Å². The molecule has 0 spiro atoms. The van der Waals surface area contributed by atoms with Gasteiger partial charge < -0.3 is 11.1 Å². The molecule has 4 N–H and O–H groups in total. The molecule has 5 nitrogen and oxygen atoms in total. The Morgan fingerprint density at radius 1 is 1.12 bits per heavy atom. The van der Waals surface area contributed by atoms with Gasteiger partial charge >= 0.3 is 0 Å². The van der Waals surface area contributed by atoms with E-state index in [1.54, 1.807) is 6.20 Å². The van der Waals surface area contributed by atoms with Crippen LogP contribution < -0.4 is 11.1 Å². The van der Waals surface area contributed by atoms with Crippen molar-refractivity contribution in [3.63, 3.8) is 0 Å². The third-order valence-electron chi connectivity index (χ3n) is 5.75. The number of nitrogens with one attached hydrogen (secondary N) is 2. The number of aromatic amines is 1. The van der Waals surface area contributed by atoms with Gasteiger partial charge in [-0.05, 0) is 61.3 Å². The highest BCUT2D eigenvalue weighted by Crippen LogP contribution is 2.42. The van der Waals surface area contributed by atoms with Crippen molar-refractivity contribution in [2.45, 2.75) is 38.1 Å². The van der Waals surface area contributed by atoms with Crippen molar-refractivity contribution in [2.24, 2.45) is 23.5 Å². The Bertz CT molecular complexity index is 687. The predicted molar refractivity (Wildman–Crippen MR) is 101 cm³/mol. The van der Waals surface area contributed by atoms with E-state index in [1.165, 1.54) is 19.3 Å². The Hall–Kier alpha value is -1.85. The zero-order valence-corrected chi connectivity index (χ0v) is 15.0. The number of halogens is 1. The molecule has 2 bridgehead atoms. The van der Waals surface area contributed by atoms with E-state index in [4.69, 9.17) is 5.73 Å². The lowest BCUT2D eigenvalue weighted by Crippen LogP contribution is -2.48. The van der Waals surface area contributed by atoms with Gasteiger partial charge in [0.2, 0.25) is 5.91 Å². The number of hydrogen-bond donors (Lipinski definition) is 3. The molecule has 2 saturated carbocycles. The van der Waals surface area contributed by atoms with Crippen LogP contribution in [0.2, 0.25) is 0 Å². The quantitative estimate of drug-likeness (QED) is 0.782. The normalized spacial score (nSPS) is 28.0. The fraction of sp³-hybridized carbons (Fsp3) is 0.474. The van der Waals surface area contributed by atoms with Crippen LogP contribution in [0.15, 0.2) is 36.5 Å². The SMILES string of the molecule is Cl.NC1C2CCCC1CC(C(=O)Nc1ccc(-c3ccn[nH]3)cc1)C2. The number of H-pyrrole nitrogens is 1. The highest BCUT2D eigenvalue weighted by Gasteiger charge is 2.40. The number of nitrogens with zero attached hydrogens (tertiary/aromatic N) is 1. The topological polar surface area (TPSA) is 83.8 Å². The van der Waals surface area contributed by atoms with E-state index in [1.807, 2.05) is 30.3 Å². The molecule has 2 atom stereocenters. The second kappa shape index (κ2) is 7.58. The molecule has 2 fully saturated rings. The van der Waals surface area contributed by atoms with Gasteiger partial charge in [-0.3, -0.25) is 9.89 Å². The molecule has 6 heteroatoms. The Balaban J connectivity index is 0.00000182. The number of nitrogens with two attached hydrogens (primary N) is 1. The molecule has 2 aromatic rings. The van der Waals surface area contributed by atoms with Gasteiger partial charge in [0.15, 0.2) is 0 Å². The molecule has 2 aliphatic carbocycles. The third kappa shape index (κ3) is 3.72. The minimum atomic E-state index is 0. The molecule has 25 heavy (non-hydrogen) atoms. The molecule has 134 valence electrons. The number of fused-ring (bicyclic) bond motifs is 2. The van der Waals surface area contributed by atoms with Crippen LogP contribution in [0.25, 0.3) is 11.3 Å². The van der Waals surface area contributed by atoms with Gasteiger partial charge in [-0.1, -0.05) is 18.6 Å². The summed E-state index contributed by atoms with van der Waals surface area (Å²) in [5.41, 5.74) is 9.21. The molecular weight excluding hydrogens is 336 g/mol. The minimum Gasteiger partial charge on any atom is -0.327 e. The molecule has 4 rings (SSSR count). The van der Waals surface area contributed by atoms with E-state index in [9.17, 15) is 4.79 Å². The molecule has 1 heterocycles. The minimum absolute atomic E-state index is 0. The summed E-state index contributed by atoms with van der Waals surface area (Å²) in [6, 6.07) is 10.1. The van der Waals surface area contributed by atoms with Crippen molar-refractivity contribution in [3.8, 4) is 11.3 Å². The maximum atomic E-state index is 12.7. The van der Waals surface area contributed by atoms with E-state index >= 15 is 0 Å². The van der Waals surface area contributed by atoms with Crippen LogP contribution in [0.5, 0.6) is 0 Å². The summed E-state index contributed by atoms with van der Waals surface area (Å²) in [5.74, 6) is 1.30. The van der Waals surface area contributed by atoms with E-state index in [0.29, 0.717) is 17.9 Å². The Kier molecular flexibility index (Phi) is 5.45. The summed E-state index contributed by atoms with van der Waals surface area (Å²) in [7, 11) is 0. The predicted octanol–water partition coefficient (Wildman–Crippen LogP) is 3.59. The number of aromatic nitrogens is 2. The standard InChI is InChI=1S/C19H24N4O.ClH/c20-18-13-2-1-3-14(18)11-15(10-13)19(24)22-16-6-4-12(5-7-16)17-8-9-21-23-17;/h4-9,13-15,18H,1-3,10-11,20H2,(H,21,23)(H,22,24);1H. The van der Waals surface area contributed by atoms with Crippen LogP contribution in [-0.4, -0.2) is 22.1 Å². The van der Waals surface area contributed by atoms with Gasteiger partial charge in [0.1, 0.15) is 0 Å². The first-order valence-electron chi connectivity index (χ1n) is 8.87. The van der Waals surface area contributed by atoms with Crippen LogP contribution in [0.1, 0.15) is 32.1 Å². The lowest BCUT2D eigenvalue weighted by Gasteiger charge is -2.43. The van der Waals surface area contributed by atoms with Crippen LogP contribution in [0.3, 0.4) is 0 Å². The molecule has 2 aliphatic rings. The number of hydrogen-bond acceptors (Lipinski definition) is 3. The molecular formula is C19H25ClN4O. The Morgan fingerprint density at radius 2 is 1.80 bits per heavy atom. The average molecular weight is 361 g/mol. The molecule has 1 amide bonds. The van der Waals surface area contributed by atoms with Crippen molar-refractivity contribution < 1.29 is 4.79 Å². The summed E-state index contributed by atoms with van der Waals surface area (Å²) in [6.45, 7) is 0. The van der Waals surface area contributed by atoms with Crippen LogP contribution in [0.4, 0.5) is 5.69 Å². The largest absolute Gasteiger partial charge is 0.327 e. The smallest absolute Gasteiger partial charge is 0.227 e. The zero-order valence-electron chi connectivity index (χ0n) is 14.2. The fourth-order valence-corrected chi connectivity index (χ4v) is 4.40. The first-order valence-corrected chi connectivity index (χ1v) is 8.87. The van der Waals surface area contributed by atoms with Gasteiger partial charge in [0.25, 0.3) is 0 Å². The lowest BCUT2D eigenvalue weighted by molar-refractivity contribution is -0.122. The zero-order chi connectivity index (χ0) is 16.5. The highest BCUT2D eigenvalue weighted by molar-refractivity contribution is 5.92. The molecule has 0 radical (unpaired) electrons. The number of carbonyl (C=O) groups excluding carboxylic acids is 1. The van der Waals surface area contributed by atoms with E-state index in [-0.39, 0.29) is 24.2 Å². The third-order valence-corrected chi connectivity index (χ3v) is 5.75. The first-order chi connectivity index (χ1) is 11.7. The Morgan fingerprint density at radius 3 is 2.40 bits per heavy atom. The van der Waals surface area contributed by atoms with Gasteiger partial charge in [0, 0.05) is 23.8 Å². The van der Waals surface area contributed by atoms with Crippen molar-refractivity contribution in [2.75, 3.05) is 5.32 Å². The van der Waals surface area contributed by atoms with Crippen molar-refractivity contribution >= 4 is 24.0 Å². The van der Waals surface area contributed by atoms with Crippen LogP contribution in [-0.2, 0) is 4.79 Å². The fourth-order valence-electron chi connectivity index (χ4n) is 4.40.